The zero-order valence-corrected chi connectivity index (χ0v) is 13.1. The van der Waals surface area contributed by atoms with Crippen LogP contribution in [0.4, 0.5) is 0 Å². The number of nitrogens with two attached hydrogens (primary N) is 1. The molecule has 1 saturated heterocycles. The summed E-state index contributed by atoms with van der Waals surface area (Å²) in [5.74, 6) is 1.62. The Hall–Kier alpha value is -0.990. The fourth-order valence-corrected chi connectivity index (χ4v) is 3.18. The van der Waals surface area contributed by atoms with Crippen molar-refractivity contribution in [1.82, 2.24) is 20.1 Å². The molecule has 0 atom stereocenters. The predicted octanol–water partition coefficient (Wildman–Crippen LogP) is 0.355. The molecule has 1 fully saturated rings. The molecule has 0 spiro atoms. The van der Waals surface area contributed by atoms with Gasteiger partial charge in [-0.25, -0.2) is 18.5 Å². The first-order valence-electron chi connectivity index (χ1n) is 6.82. The first-order chi connectivity index (χ1) is 9.16. The highest BCUT2D eigenvalue weighted by Crippen LogP contribution is 2.19. The number of sulfonamides is 1. The SMILES string of the molecule is CC(C)(C)c1n[nH]c(CN2CCC(S(N)(=O)=O)CC2)n1. The van der Waals surface area contributed by atoms with Crippen LogP contribution in [0.25, 0.3) is 0 Å². The van der Waals surface area contributed by atoms with Gasteiger partial charge in [0, 0.05) is 5.41 Å². The van der Waals surface area contributed by atoms with Crippen LogP contribution in [-0.4, -0.2) is 46.8 Å². The van der Waals surface area contributed by atoms with E-state index >= 15 is 0 Å². The third-order valence-electron chi connectivity index (χ3n) is 3.58. The van der Waals surface area contributed by atoms with E-state index in [-0.39, 0.29) is 5.41 Å². The standard InChI is InChI=1S/C12H23N5O2S/c1-12(2,3)11-14-10(15-16-11)8-17-6-4-9(5-7-17)20(13,18)19/h9H,4-8H2,1-3H3,(H2,13,18,19)(H,14,15,16). The lowest BCUT2D eigenvalue weighted by Crippen LogP contribution is -2.41. The monoisotopic (exact) mass is 301 g/mol. The van der Waals surface area contributed by atoms with Crippen molar-refractivity contribution in [3.8, 4) is 0 Å². The maximum Gasteiger partial charge on any atom is 0.212 e. The van der Waals surface area contributed by atoms with E-state index < -0.39 is 15.3 Å². The number of aromatic nitrogens is 3. The number of rotatable bonds is 3. The quantitative estimate of drug-likeness (QED) is 0.838. The summed E-state index contributed by atoms with van der Waals surface area (Å²) in [6, 6.07) is 0. The first-order valence-corrected chi connectivity index (χ1v) is 8.43. The van der Waals surface area contributed by atoms with Gasteiger partial charge in [-0.3, -0.25) is 10.00 Å². The Labute approximate surface area is 120 Å². The van der Waals surface area contributed by atoms with Crippen molar-refractivity contribution in [2.45, 2.75) is 50.8 Å². The average molecular weight is 301 g/mol. The third kappa shape index (κ3) is 3.77. The molecule has 0 aliphatic carbocycles. The summed E-state index contributed by atoms with van der Waals surface area (Å²) in [6.45, 7) is 8.30. The number of primary sulfonamides is 1. The van der Waals surface area contributed by atoms with Crippen molar-refractivity contribution >= 4 is 10.0 Å². The fraction of sp³-hybridized carbons (Fsp3) is 0.833. The number of nitrogens with zero attached hydrogens (tertiary/aromatic N) is 3. The van der Waals surface area contributed by atoms with E-state index in [4.69, 9.17) is 5.14 Å². The van der Waals surface area contributed by atoms with Gasteiger partial charge in [-0.15, -0.1) is 0 Å². The molecule has 2 rings (SSSR count). The van der Waals surface area contributed by atoms with Gasteiger partial charge in [0.25, 0.3) is 0 Å². The van der Waals surface area contributed by atoms with E-state index in [1.165, 1.54) is 0 Å². The molecule has 1 aliphatic heterocycles. The van der Waals surface area contributed by atoms with Crippen LogP contribution >= 0.6 is 0 Å². The highest BCUT2D eigenvalue weighted by molar-refractivity contribution is 7.89. The van der Waals surface area contributed by atoms with Gasteiger partial charge in [0.1, 0.15) is 5.82 Å². The van der Waals surface area contributed by atoms with Crippen LogP contribution in [0, 0.1) is 0 Å². The predicted molar refractivity (Wildman–Crippen MR) is 76.5 cm³/mol. The highest BCUT2D eigenvalue weighted by atomic mass is 32.2. The van der Waals surface area contributed by atoms with Crippen LogP contribution in [0.1, 0.15) is 45.3 Å². The van der Waals surface area contributed by atoms with E-state index in [0.29, 0.717) is 32.5 Å². The van der Waals surface area contributed by atoms with Crippen molar-refractivity contribution in [3.05, 3.63) is 11.6 Å². The van der Waals surface area contributed by atoms with E-state index in [1.807, 2.05) is 0 Å². The second-order valence-corrected chi connectivity index (χ2v) is 8.26. The molecule has 0 radical (unpaired) electrons. The normalized spacial score (nSPS) is 19.4. The summed E-state index contributed by atoms with van der Waals surface area (Å²) in [6.07, 6.45) is 1.16. The highest BCUT2D eigenvalue weighted by Gasteiger charge is 2.28. The zero-order chi connectivity index (χ0) is 15.0. The Kier molecular flexibility index (Phi) is 4.17. The summed E-state index contributed by atoms with van der Waals surface area (Å²) in [5.41, 5.74) is -0.0740. The maximum atomic E-state index is 11.3. The van der Waals surface area contributed by atoms with Crippen LogP contribution in [0.5, 0.6) is 0 Å². The molecule has 2 heterocycles. The Morgan fingerprint density at radius 2 is 1.95 bits per heavy atom. The van der Waals surface area contributed by atoms with Gasteiger partial charge in [0.05, 0.1) is 11.8 Å². The van der Waals surface area contributed by atoms with E-state index in [9.17, 15) is 8.42 Å². The minimum absolute atomic E-state index is 0.0740. The summed E-state index contributed by atoms with van der Waals surface area (Å²) >= 11 is 0. The van der Waals surface area contributed by atoms with Crippen molar-refractivity contribution in [2.24, 2.45) is 5.14 Å². The third-order valence-corrected chi connectivity index (χ3v) is 4.98. The number of hydrogen-bond acceptors (Lipinski definition) is 5. The molecule has 0 saturated carbocycles. The molecule has 7 nitrogen and oxygen atoms in total. The fourth-order valence-electron chi connectivity index (χ4n) is 2.31. The van der Waals surface area contributed by atoms with Gasteiger partial charge in [0.15, 0.2) is 5.82 Å². The molecule has 20 heavy (non-hydrogen) atoms. The topological polar surface area (TPSA) is 105 Å². The van der Waals surface area contributed by atoms with Gasteiger partial charge in [-0.05, 0) is 25.9 Å². The number of likely N-dealkylation sites (tertiary alicyclic amines) is 1. The minimum Gasteiger partial charge on any atom is -0.296 e. The van der Waals surface area contributed by atoms with Crippen molar-refractivity contribution in [2.75, 3.05) is 13.1 Å². The lowest BCUT2D eigenvalue weighted by molar-refractivity contribution is 0.217. The molecular formula is C12H23N5O2S. The van der Waals surface area contributed by atoms with Crippen LogP contribution in [0.2, 0.25) is 0 Å². The molecule has 1 aromatic rings. The number of hydrogen-bond donors (Lipinski definition) is 2. The van der Waals surface area contributed by atoms with Gasteiger partial charge in [-0.2, -0.15) is 5.10 Å². The molecular weight excluding hydrogens is 278 g/mol. The molecule has 0 bridgehead atoms. The molecule has 0 unspecified atom stereocenters. The zero-order valence-electron chi connectivity index (χ0n) is 12.3. The van der Waals surface area contributed by atoms with Crippen molar-refractivity contribution in [3.63, 3.8) is 0 Å². The molecule has 8 heteroatoms. The minimum atomic E-state index is -3.40. The number of nitrogens with one attached hydrogen (secondary N) is 1. The average Bonchev–Trinajstić information content (AvgIpc) is 2.77. The smallest absolute Gasteiger partial charge is 0.212 e. The molecule has 0 amide bonds. The van der Waals surface area contributed by atoms with Crippen LogP contribution in [0.3, 0.4) is 0 Å². The summed E-state index contributed by atoms with van der Waals surface area (Å²) in [4.78, 5) is 6.67. The Morgan fingerprint density at radius 3 is 2.40 bits per heavy atom. The van der Waals surface area contributed by atoms with Gasteiger partial charge in [0.2, 0.25) is 10.0 Å². The molecule has 1 aromatic heterocycles. The summed E-state index contributed by atoms with van der Waals surface area (Å²) in [5, 5.41) is 12.0. The van der Waals surface area contributed by atoms with E-state index in [1.54, 1.807) is 0 Å². The van der Waals surface area contributed by atoms with Crippen LogP contribution in [0.15, 0.2) is 0 Å². The molecule has 1 aliphatic rings. The number of aromatic amines is 1. The van der Waals surface area contributed by atoms with E-state index in [2.05, 4.69) is 40.9 Å². The van der Waals surface area contributed by atoms with Gasteiger partial charge >= 0.3 is 0 Å². The van der Waals surface area contributed by atoms with Gasteiger partial charge < -0.3 is 0 Å². The summed E-state index contributed by atoms with van der Waals surface area (Å²) < 4.78 is 22.6. The molecule has 0 aromatic carbocycles. The largest absolute Gasteiger partial charge is 0.296 e. The molecule has 3 N–H and O–H groups in total. The second-order valence-electron chi connectivity index (χ2n) is 6.42. The van der Waals surface area contributed by atoms with E-state index in [0.717, 1.165) is 11.6 Å². The Balaban J connectivity index is 1.92. The molecule has 114 valence electrons. The number of piperidine rings is 1. The van der Waals surface area contributed by atoms with Crippen molar-refractivity contribution in [1.29, 1.82) is 0 Å². The van der Waals surface area contributed by atoms with Crippen LogP contribution < -0.4 is 5.14 Å². The first kappa shape index (κ1) is 15.4. The maximum absolute atomic E-state index is 11.3. The summed E-state index contributed by atoms with van der Waals surface area (Å²) in [7, 11) is -3.40. The number of H-pyrrole nitrogens is 1. The second kappa shape index (κ2) is 5.42. The van der Waals surface area contributed by atoms with Gasteiger partial charge in [-0.1, -0.05) is 20.8 Å². The van der Waals surface area contributed by atoms with Crippen molar-refractivity contribution < 1.29 is 8.42 Å². The Bertz CT molecular complexity index is 553. The van der Waals surface area contributed by atoms with Crippen LogP contribution in [-0.2, 0) is 22.0 Å². The Morgan fingerprint density at radius 1 is 1.35 bits per heavy atom. The lowest BCUT2D eigenvalue weighted by Gasteiger charge is -2.29. The lowest BCUT2D eigenvalue weighted by atomic mass is 9.96.